The smallest absolute Gasteiger partial charge is 0.337 e. The molecule has 0 aliphatic carbocycles. The maximum atomic E-state index is 12.6. The van der Waals surface area contributed by atoms with Crippen LogP contribution in [0.2, 0.25) is 0 Å². The molecule has 0 fully saturated rings. The first kappa shape index (κ1) is 20.1. The molecule has 2 aromatic carbocycles. The fourth-order valence-corrected chi connectivity index (χ4v) is 3.22. The van der Waals surface area contributed by atoms with Gasteiger partial charge < -0.3 is 14.6 Å². The van der Waals surface area contributed by atoms with Crippen molar-refractivity contribution in [1.29, 1.82) is 0 Å². The second kappa shape index (κ2) is 8.61. The van der Waals surface area contributed by atoms with E-state index in [1.165, 1.54) is 7.11 Å². The van der Waals surface area contributed by atoms with Crippen LogP contribution in [-0.2, 0) is 4.74 Å². The third kappa shape index (κ3) is 4.46. The van der Waals surface area contributed by atoms with E-state index in [0.717, 1.165) is 28.2 Å². The normalized spacial score (nSPS) is 10.9. The van der Waals surface area contributed by atoms with E-state index in [1.807, 2.05) is 45.0 Å². The van der Waals surface area contributed by atoms with Crippen LogP contribution in [0, 0.1) is 20.8 Å². The van der Waals surface area contributed by atoms with E-state index in [4.69, 9.17) is 4.74 Å². The van der Waals surface area contributed by atoms with E-state index in [-0.39, 0.29) is 5.91 Å². The van der Waals surface area contributed by atoms with Crippen LogP contribution < -0.4 is 5.32 Å². The van der Waals surface area contributed by atoms with Gasteiger partial charge in [-0.25, -0.2) is 4.79 Å². The first-order valence-corrected chi connectivity index (χ1v) is 9.32. The monoisotopic (exact) mass is 388 g/mol. The van der Waals surface area contributed by atoms with Gasteiger partial charge in [0.2, 0.25) is 0 Å². The summed E-state index contributed by atoms with van der Waals surface area (Å²) in [6, 6.07) is 16.8. The Hall–Kier alpha value is -3.60. The quantitative estimate of drug-likeness (QED) is 0.651. The van der Waals surface area contributed by atoms with Crippen molar-refractivity contribution in [2.75, 3.05) is 7.11 Å². The molecule has 3 aromatic rings. The number of methoxy groups -OCH3 is 1. The largest absolute Gasteiger partial charge is 0.465 e. The topological polar surface area (TPSA) is 60.3 Å². The zero-order chi connectivity index (χ0) is 21.0. The summed E-state index contributed by atoms with van der Waals surface area (Å²) in [5.74, 6) is -0.596. The number of aryl methyl sites for hydroxylation is 3. The Labute approximate surface area is 170 Å². The lowest BCUT2D eigenvalue weighted by Gasteiger charge is -2.14. The molecule has 1 N–H and O–H groups in total. The molecule has 1 amide bonds. The van der Waals surface area contributed by atoms with Gasteiger partial charge in [-0.15, -0.1) is 0 Å². The molecule has 1 heterocycles. The highest BCUT2D eigenvalue weighted by Crippen LogP contribution is 2.21. The van der Waals surface area contributed by atoms with Gasteiger partial charge in [0.25, 0.3) is 5.91 Å². The summed E-state index contributed by atoms with van der Waals surface area (Å²) in [5.41, 5.74) is 6.15. The zero-order valence-electron chi connectivity index (χ0n) is 17.0. The minimum atomic E-state index is -0.396. The molecule has 148 valence electrons. The molecule has 0 saturated heterocycles. The van der Waals surface area contributed by atoms with Crippen LogP contribution in [0.15, 0.2) is 60.8 Å². The second-order valence-corrected chi connectivity index (χ2v) is 6.88. The van der Waals surface area contributed by atoms with Crippen molar-refractivity contribution in [1.82, 2.24) is 9.88 Å². The van der Waals surface area contributed by atoms with Crippen molar-refractivity contribution in [2.45, 2.75) is 20.8 Å². The maximum absolute atomic E-state index is 12.6. The molecule has 3 rings (SSSR count). The lowest BCUT2D eigenvalue weighted by molar-refractivity contribution is 0.0600. The number of benzene rings is 2. The number of nitrogens with zero attached hydrogens (tertiary/aromatic N) is 1. The van der Waals surface area contributed by atoms with Crippen LogP contribution in [-0.4, -0.2) is 23.6 Å². The number of hydrogen-bond acceptors (Lipinski definition) is 3. The van der Waals surface area contributed by atoms with Crippen molar-refractivity contribution in [2.24, 2.45) is 0 Å². The van der Waals surface area contributed by atoms with E-state index in [2.05, 4.69) is 22.0 Å². The van der Waals surface area contributed by atoms with E-state index < -0.39 is 5.97 Å². The number of esters is 1. The molecule has 0 aliphatic rings. The van der Waals surface area contributed by atoms with E-state index >= 15 is 0 Å². The highest BCUT2D eigenvalue weighted by atomic mass is 16.5. The molecule has 1 aromatic heterocycles. The van der Waals surface area contributed by atoms with Gasteiger partial charge in [0.15, 0.2) is 0 Å². The fraction of sp³-hybridized carbons (Fsp3) is 0.167. The minimum absolute atomic E-state index is 0.200. The fourth-order valence-electron chi connectivity index (χ4n) is 3.22. The molecule has 0 saturated carbocycles. The first-order valence-electron chi connectivity index (χ1n) is 9.32. The molecule has 0 atom stereocenters. The summed E-state index contributed by atoms with van der Waals surface area (Å²) >= 11 is 0. The molecular formula is C24H24N2O3. The Balaban J connectivity index is 1.77. The van der Waals surface area contributed by atoms with Crippen molar-refractivity contribution in [3.05, 3.63) is 94.4 Å². The van der Waals surface area contributed by atoms with Gasteiger partial charge in [0.05, 0.1) is 12.7 Å². The third-order valence-corrected chi connectivity index (χ3v) is 4.78. The number of ether oxygens (including phenoxy) is 1. The van der Waals surface area contributed by atoms with Gasteiger partial charge >= 0.3 is 5.97 Å². The molecule has 0 aliphatic heterocycles. The molecule has 0 spiro atoms. The van der Waals surface area contributed by atoms with Crippen LogP contribution in [0.25, 0.3) is 11.8 Å². The Morgan fingerprint density at radius 3 is 2.34 bits per heavy atom. The number of nitrogens with one attached hydrogen (secondary N) is 1. The number of rotatable bonds is 5. The Kier molecular flexibility index (Phi) is 5.98. The highest BCUT2D eigenvalue weighted by molar-refractivity contribution is 5.96. The zero-order valence-corrected chi connectivity index (χ0v) is 17.0. The lowest BCUT2D eigenvalue weighted by Crippen LogP contribution is -2.17. The van der Waals surface area contributed by atoms with Crippen molar-refractivity contribution in [3.8, 4) is 5.69 Å². The molecule has 29 heavy (non-hydrogen) atoms. The van der Waals surface area contributed by atoms with E-state index in [1.54, 1.807) is 30.5 Å². The Morgan fingerprint density at radius 2 is 1.66 bits per heavy atom. The van der Waals surface area contributed by atoms with Gasteiger partial charge in [-0.2, -0.15) is 0 Å². The summed E-state index contributed by atoms with van der Waals surface area (Å²) in [7, 11) is 1.34. The molecule has 0 radical (unpaired) electrons. The standard InChI is InChI=1S/C24H24N2O3/c1-16-8-11-20(15-22(16)26-17(2)9-10-18(26)3)23(27)25-13-12-19-6-5-7-21(14-19)24(28)29-4/h5-15H,1-4H3,(H,25,27)/b13-12+. The van der Waals surface area contributed by atoms with Gasteiger partial charge in [-0.05, 0) is 74.4 Å². The Morgan fingerprint density at radius 1 is 0.931 bits per heavy atom. The van der Waals surface area contributed by atoms with Crippen LogP contribution in [0.3, 0.4) is 0 Å². The van der Waals surface area contributed by atoms with E-state index in [0.29, 0.717) is 11.1 Å². The summed E-state index contributed by atoms with van der Waals surface area (Å²) in [4.78, 5) is 24.2. The van der Waals surface area contributed by atoms with Crippen molar-refractivity contribution >= 4 is 18.0 Å². The summed E-state index contributed by atoms with van der Waals surface area (Å²) in [6.45, 7) is 6.12. The van der Waals surface area contributed by atoms with Gasteiger partial charge in [-0.1, -0.05) is 18.2 Å². The Bertz CT molecular complexity index is 1070. The average molecular weight is 388 g/mol. The summed E-state index contributed by atoms with van der Waals surface area (Å²) < 4.78 is 6.86. The first-order chi connectivity index (χ1) is 13.9. The van der Waals surface area contributed by atoms with Gasteiger partial charge in [0.1, 0.15) is 0 Å². The molecule has 5 heteroatoms. The number of amides is 1. The molecule has 0 bridgehead atoms. The van der Waals surface area contributed by atoms with Crippen LogP contribution in [0.1, 0.15) is 43.2 Å². The number of carbonyl (C=O) groups excluding carboxylic acids is 2. The summed E-state index contributed by atoms with van der Waals surface area (Å²) in [5, 5.41) is 2.79. The number of aromatic nitrogens is 1. The minimum Gasteiger partial charge on any atom is -0.465 e. The van der Waals surface area contributed by atoms with Crippen molar-refractivity contribution < 1.29 is 14.3 Å². The van der Waals surface area contributed by atoms with Crippen molar-refractivity contribution in [3.63, 3.8) is 0 Å². The third-order valence-electron chi connectivity index (χ3n) is 4.78. The molecule has 5 nitrogen and oxygen atoms in total. The van der Waals surface area contributed by atoms with Gasteiger partial charge in [-0.3, -0.25) is 4.79 Å². The van der Waals surface area contributed by atoms with Crippen LogP contribution >= 0.6 is 0 Å². The second-order valence-electron chi connectivity index (χ2n) is 6.88. The molecule has 0 unspecified atom stereocenters. The predicted molar refractivity (Wildman–Crippen MR) is 114 cm³/mol. The lowest BCUT2D eigenvalue weighted by atomic mass is 10.1. The maximum Gasteiger partial charge on any atom is 0.337 e. The van der Waals surface area contributed by atoms with Gasteiger partial charge in [0, 0.05) is 28.8 Å². The SMILES string of the molecule is COC(=O)c1cccc(/C=C/NC(=O)c2ccc(C)c(-n3c(C)ccc3C)c2)c1. The van der Waals surface area contributed by atoms with Crippen LogP contribution in [0.5, 0.6) is 0 Å². The number of hydrogen-bond donors (Lipinski definition) is 1. The van der Waals surface area contributed by atoms with Crippen LogP contribution in [0.4, 0.5) is 0 Å². The predicted octanol–water partition coefficient (Wildman–Crippen LogP) is 4.59. The summed E-state index contributed by atoms with van der Waals surface area (Å²) in [6.07, 6.45) is 3.31. The van der Waals surface area contributed by atoms with E-state index in [9.17, 15) is 9.59 Å². The highest BCUT2D eigenvalue weighted by Gasteiger charge is 2.11. The average Bonchev–Trinajstić information content (AvgIpc) is 3.06. The molecular weight excluding hydrogens is 364 g/mol. The number of carbonyl (C=O) groups is 2.